The maximum atomic E-state index is 6.08. The highest BCUT2D eigenvalue weighted by Crippen LogP contribution is 2.49. The summed E-state index contributed by atoms with van der Waals surface area (Å²) in [4.78, 5) is 8.43. The second-order valence-electron chi connectivity index (χ2n) is 5.49. The molecule has 0 aromatic carbocycles. The van der Waals surface area contributed by atoms with E-state index >= 15 is 0 Å². The summed E-state index contributed by atoms with van der Waals surface area (Å²) >= 11 is 7.92. The quantitative estimate of drug-likeness (QED) is 0.810. The van der Waals surface area contributed by atoms with Gasteiger partial charge >= 0.3 is 0 Å². The summed E-state index contributed by atoms with van der Waals surface area (Å²) in [6.45, 7) is 3.92. The van der Waals surface area contributed by atoms with Gasteiger partial charge in [-0.3, -0.25) is 4.40 Å². The van der Waals surface area contributed by atoms with E-state index in [9.17, 15) is 0 Å². The topological polar surface area (TPSA) is 48.7 Å². The fraction of sp³-hybridized carbons (Fsp3) is 0.538. The molecule has 0 bridgehead atoms. The highest BCUT2D eigenvalue weighted by atomic mass is 35.5. The van der Waals surface area contributed by atoms with Gasteiger partial charge in [0.25, 0.3) is 0 Å². The van der Waals surface area contributed by atoms with Crippen LogP contribution < -0.4 is 0 Å². The Balaban J connectivity index is 1.75. The summed E-state index contributed by atoms with van der Waals surface area (Å²) in [5.74, 6) is 0.430. The average molecular weight is 312 g/mol. The molecule has 7 heteroatoms. The van der Waals surface area contributed by atoms with Crippen LogP contribution in [0.15, 0.2) is 18.6 Å². The van der Waals surface area contributed by atoms with Crippen molar-refractivity contribution in [2.75, 3.05) is 5.75 Å². The lowest BCUT2D eigenvalue weighted by Crippen LogP contribution is -2.24. The minimum absolute atomic E-state index is 0.0573. The van der Waals surface area contributed by atoms with Gasteiger partial charge in [0.15, 0.2) is 16.6 Å². The summed E-state index contributed by atoms with van der Waals surface area (Å²) in [6, 6.07) is 0. The van der Waals surface area contributed by atoms with E-state index in [-0.39, 0.29) is 17.5 Å². The molecule has 106 valence electrons. The van der Waals surface area contributed by atoms with Gasteiger partial charge in [0.2, 0.25) is 0 Å². The Morgan fingerprint density at radius 3 is 3.10 bits per heavy atom. The third-order valence-corrected chi connectivity index (χ3v) is 5.32. The summed E-state index contributed by atoms with van der Waals surface area (Å²) < 4.78 is 14.0. The molecule has 0 radical (unpaired) electrons. The molecule has 2 saturated heterocycles. The largest absolute Gasteiger partial charge is 0.344 e. The van der Waals surface area contributed by atoms with Crippen LogP contribution in [0.3, 0.4) is 0 Å². The molecule has 2 aromatic rings. The molecule has 4 rings (SSSR count). The van der Waals surface area contributed by atoms with Crippen molar-refractivity contribution < 1.29 is 9.47 Å². The molecule has 2 aromatic heterocycles. The lowest BCUT2D eigenvalue weighted by Gasteiger charge is -2.21. The SMILES string of the molecule is CC1(C)OC2CS[C@@H](c3cnc4c(Cl)nccn34)C2O1. The van der Waals surface area contributed by atoms with Crippen LogP contribution in [0.1, 0.15) is 24.8 Å². The number of halogens is 1. The van der Waals surface area contributed by atoms with E-state index in [2.05, 4.69) is 9.97 Å². The third kappa shape index (κ3) is 1.86. The van der Waals surface area contributed by atoms with Gasteiger partial charge in [-0.15, -0.1) is 11.8 Å². The molecule has 0 saturated carbocycles. The van der Waals surface area contributed by atoms with E-state index in [0.29, 0.717) is 10.8 Å². The monoisotopic (exact) mass is 311 g/mol. The lowest BCUT2D eigenvalue weighted by molar-refractivity contribution is -0.145. The van der Waals surface area contributed by atoms with Crippen LogP contribution in [0.25, 0.3) is 5.65 Å². The number of hydrogen-bond acceptors (Lipinski definition) is 5. The Bertz CT molecular complexity index is 675. The van der Waals surface area contributed by atoms with E-state index in [0.717, 1.165) is 11.4 Å². The van der Waals surface area contributed by atoms with Gasteiger partial charge in [0, 0.05) is 18.1 Å². The van der Waals surface area contributed by atoms with Crippen molar-refractivity contribution in [3.63, 3.8) is 0 Å². The van der Waals surface area contributed by atoms with Crippen LogP contribution in [0.5, 0.6) is 0 Å². The van der Waals surface area contributed by atoms with Gasteiger partial charge in [-0.05, 0) is 13.8 Å². The molecule has 0 amide bonds. The zero-order valence-electron chi connectivity index (χ0n) is 11.1. The first kappa shape index (κ1) is 12.9. The Hall–Kier alpha value is -0.820. The van der Waals surface area contributed by atoms with E-state index in [1.54, 1.807) is 6.20 Å². The number of fused-ring (bicyclic) bond motifs is 2. The molecule has 0 N–H and O–H groups in total. The van der Waals surface area contributed by atoms with Crippen molar-refractivity contribution in [1.82, 2.24) is 14.4 Å². The van der Waals surface area contributed by atoms with E-state index < -0.39 is 5.79 Å². The van der Waals surface area contributed by atoms with Crippen LogP contribution in [0, 0.1) is 0 Å². The molecule has 2 aliphatic heterocycles. The molecule has 2 aliphatic rings. The Morgan fingerprint density at radius 1 is 1.40 bits per heavy atom. The first-order valence-electron chi connectivity index (χ1n) is 6.50. The van der Waals surface area contributed by atoms with Gasteiger partial charge in [-0.25, -0.2) is 9.97 Å². The Morgan fingerprint density at radius 2 is 2.25 bits per heavy atom. The Labute approximate surface area is 125 Å². The van der Waals surface area contributed by atoms with E-state index in [1.165, 1.54) is 0 Å². The summed E-state index contributed by atoms with van der Waals surface area (Å²) in [6.07, 6.45) is 5.63. The zero-order valence-corrected chi connectivity index (χ0v) is 12.7. The smallest absolute Gasteiger partial charge is 0.175 e. The maximum Gasteiger partial charge on any atom is 0.175 e. The predicted octanol–water partition coefficient (Wildman–Crippen LogP) is 2.69. The number of aromatic nitrogens is 3. The van der Waals surface area contributed by atoms with Crippen LogP contribution in [-0.4, -0.2) is 38.1 Å². The summed E-state index contributed by atoms with van der Waals surface area (Å²) in [7, 11) is 0. The molecule has 5 nitrogen and oxygen atoms in total. The summed E-state index contributed by atoms with van der Waals surface area (Å²) in [5.41, 5.74) is 1.77. The molecular formula is C13H14ClN3O2S. The van der Waals surface area contributed by atoms with Crippen LogP contribution >= 0.6 is 23.4 Å². The first-order chi connectivity index (χ1) is 9.55. The molecule has 0 spiro atoms. The normalized spacial score (nSPS) is 31.9. The molecule has 20 heavy (non-hydrogen) atoms. The van der Waals surface area contributed by atoms with E-state index in [4.69, 9.17) is 21.1 Å². The molecule has 2 fully saturated rings. The molecular weight excluding hydrogens is 298 g/mol. The fourth-order valence-electron chi connectivity index (χ4n) is 2.91. The van der Waals surface area contributed by atoms with Gasteiger partial charge in [-0.1, -0.05) is 11.6 Å². The van der Waals surface area contributed by atoms with Crippen molar-refractivity contribution in [3.8, 4) is 0 Å². The molecule has 4 heterocycles. The zero-order chi connectivity index (χ0) is 13.9. The van der Waals surface area contributed by atoms with Crippen molar-refractivity contribution in [2.24, 2.45) is 0 Å². The second-order valence-corrected chi connectivity index (χ2v) is 7.02. The summed E-state index contributed by atoms with van der Waals surface area (Å²) in [5, 5.41) is 0.623. The van der Waals surface area contributed by atoms with Crippen molar-refractivity contribution in [1.29, 1.82) is 0 Å². The second kappa shape index (κ2) is 4.34. The standard InChI is InChI=1S/C13H14ClN3O2S/c1-13(2)18-8-6-20-10(9(8)19-13)7-5-16-12-11(14)15-3-4-17(7)12/h3-5,8-10H,6H2,1-2H3/t8?,9?,10-/m0/s1. The van der Waals surface area contributed by atoms with Crippen molar-refractivity contribution in [3.05, 3.63) is 29.4 Å². The molecule has 2 unspecified atom stereocenters. The Kier molecular flexibility index (Phi) is 2.79. The minimum Gasteiger partial charge on any atom is -0.344 e. The fourth-order valence-corrected chi connectivity index (χ4v) is 4.53. The number of ether oxygens (including phenoxy) is 2. The first-order valence-corrected chi connectivity index (χ1v) is 7.92. The van der Waals surface area contributed by atoms with Gasteiger partial charge in [0.05, 0.1) is 23.2 Å². The maximum absolute atomic E-state index is 6.08. The van der Waals surface area contributed by atoms with Crippen molar-refractivity contribution >= 4 is 29.0 Å². The van der Waals surface area contributed by atoms with Crippen LogP contribution in [0.2, 0.25) is 5.15 Å². The van der Waals surface area contributed by atoms with Crippen molar-refractivity contribution in [2.45, 2.75) is 37.1 Å². The number of thioether (sulfide) groups is 1. The number of hydrogen-bond donors (Lipinski definition) is 0. The van der Waals surface area contributed by atoms with Crippen LogP contribution in [0.4, 0.5) is 0 Å². The number of imidazole rings is 1. The van der Waals surface area contributed by atoms with E-state index in [1.807, 2.05) is 42.4 Å². The molecule has 0 aliphatic carbocycles. The third-order valence-electron chi connectivity index (χ3n) is 3.67. The van der Waals surface area contributed by atoms with Gasteiger partial charge in [-0.2, -0.15) is 0 Å². The van der Waals surface area contributed by atoms with Gasteiger partial charge in [0.1, 0.15) is 6.10 Å². The minimum atomic E-state index is -0.506. The highest BCUT2D eigenvalue weighted by Gasteiger charge is 2.50. The number of rotatable bonds is 1. The predicted molar refractivity (Wildman–Crippen MR) is 77.0 cm³/mol. The highest BCUT2D eigenvalue weighted by molar-refractivity contribution is 7.99. The van der Waals surface area contributed by atoms with Crippen LogP contribution in [-0.2, 0) is 9.47 Å². The van der Waals surface area contributed by atoms with Gasteiger partial charge < -0.3 is 9.47 Å². The molecule has 3 atom stereocenters. The lowest BCUT2D eigenvalue weighted by atomic mass is 10.1. The number of nitrogens with zero attached hydrogens (tertiary/aromatic N) is 3. The average Bonchev–Trinajstić information content (AvgIpc) is 3.01.